The first kappa shape index (κ1) is 16.9. The Bertz CT molecular complexity index is 547. The van der Waals surface area contributed by atoms with Crippen LogP contribution in [0.4, 0.5) is 10.1 Å². The average Bonchev–Trinajstić information content (AvgIpc) is 2.36. The number of rotatable bonds is 7. The molecule has 0 saturated heterocycles. The van der Waals surface area contributed by atoms with E-state index < -0.39 is 20.7 Å². The zero-order valence-corrected chi connectivity index (χ0v) is 12.8. The van der Waals surface area contributed by atoms with Crippen LogP contribution in [-0.4, -0.2) is 39.5 Å². The molecule has 0 unspecified atom stereocenters. The number of nitrogen functional groups attached to an aromatic ring is 1. The van der Waals surface area contributed by atoms with Crippen molar-refractivity contribution >= 4 is 15.7 Å². The molecular weight excluding hydrogens is 283 g/mol. The van der Waals surface area contributed by atoms with Crippen molar-refractivity contribution < 1.29 is 17.5 Å². The quantitative estimate of drug-likeness (QED) is 0.778. The van der Waals surface area contributed by atoms with E-state index in [4.69, 9.17) is 10.5 Å². The van der Waals surface area contributed by atoms with Crippen LogP contribution in [0.2, 0.25) is 0 Å². The van der Waals surface area contributed by atoms with Crippen LogP contribution in [0.1, 0.15) is 13.8 Å². The first-order chi connectivity index (χ1) is 9.28. The van der Waals surface area contributed by atoms with E-state index in [1.54, 1.807) is 0 Å². The first-order valence-electron chi connectivity index (χ1n) is 6.33. The Balaban J connectivity index is 3.17. The molecule has 0 radical (unpaired) electrons. The fourth-order valence-electron chi connectivity index (χ4n) is 1.77. The predicted molar refractivity (Wildman–Crippen MR) is 76.3 cm³/mol. The van der Waals surface area contributed by atoms with Gasteiger partial charge in [0.2, 0.25) is 10.0 Å². The normalized spacial score (nSPS) is 12.3. The van der Waals surface area contributed by atoms with Gasteiger partial charge in [-0.25, -0.2) is 12.8 Å². The van der Waals surface area contributed by atoms with Crippen LogP contribution in [0.3, 0.4) is 0 Å². The molecule has 5 nitrogen and oxygen atoms in total. The molecule has 0 heterocycles. The highest BCUT2D eigenvalue weighted by Crippen LogP contribution is 2.22. The Labute approximate surface area is 119 Å². The molecule has 20 heavy (non-hydrogen) atoms. The van der Waals surface area contributed by atoms with Crippen molar-refractivity contribution in [1.82, 2.24) is 4.31 Å². The van der Waals surface area contributed by atoms with Crippen LogP contribution in [0.25, 0.3) is 0 Å². The van der Waals surface area contributed by atoms with Gasteiger partial charge in [0.15, 0.2) is 0 Å². The SMILES string of the molecule is COCCN(CC(C)C)S(=O)(=O)c1cc(N)ccc1F. The summed E-state index contributed by atoms with van der Waals surface area (Å²) in [6.07, 6.45) is 0. The lowest BCUT2D eigenvalue weighted by atomic mass is 10.2. The highest BCUT2D eigenvalue weighted by molar-refractivity contribution is 7.89. The van der Waals surface area contributed by atoms with Gasteiger partial charge in [-0.2, -0.15) is 4.31 Å². The molecule has 1 rings (SSSR count). The molecule has 0 aliphatic heterocycles. The van der Waals surface area contributed by atoms with Crippen LogP contribution >= 0.6 is 0 Å². The molecular formula is C13H21FN2O3S. The topological polar surface area (TPSA) is 72.6 Å². The molecule has 0 fully saturated rings. The third-order valence-electron chi connectivity index (χ3n) is 2.69. The van der Waals surface area contributed by atoms with Crippen molar-refractivity contribution in [2.24, 2.45) is 5.92 Å². The zero-order chi connectivity index (χ0) is 15.3. The van der Waals surface area contributed by atoms with E-state index in [0.29, 0.717) is 6.54 Å². The number of nitrogens with zero attached hydrogens (tertiary/aromatic N) is 1. The minimum Gasteiger partial charge on any atom is -0.399 e. The Morgan fingerprint density at radius 2 is 2.05 bits per heavy atom. The second-order valence-corrected chi connectivity index (χ2v) is 6.85. The summed E-state index contributed by atoms with van der Waals surface area (Å²) >= 11 is 0. The number of anilines is 1. The molecule has 1 aromatic carbocycles. The molecule has 0 saturated carbocycles. The van der Waals surface area contributed by atoms with Gasteiger partial charge in [0.25, 0.3) is 0 Å². The summed E-state index contributed by atoms with van der Waals surface area (Å²) < 4.78 is 45.0. The van der Waals surface area contributed by atoms with Crippen LogP contribution in [0.15, 0.2) is 23.1 Å². The van der Waals surface area contributed by atoms with Crippen LogP contribution in [0, 0.1) is 11.7 Å². The summed E-state index contributed by atoms with van der Waals surface area (Å²) in [6.45, 7) is 4.50. The molecule has 0 aliphatic carbocycles. The molecule has 114 valence electrons. The number of halogens is 1. The predicted octanol–water partition coefficient (Wildman–Crippen LogP) is 1.70. The van der Waals surface area contributed by atoms with Crippen molar-refractivity contribution in [3.8, 4) is 0 Å². The van der Waals surface area contributed by atoms with E-state index in [-0.39, 0.29) is 24.8 Å². The lowest BCUT2D eigenvalue weighted by molar-refractivity contribution is 0.175. The smallest absolute Gasteiger partial charge is 0.246 e. The molecule has 7 heteroatoms. The number of ether oxygens (including phenoxy) is 1. The summed E-state index contributed by atoms with van der Waals surface area (Å²) in [4.78, 5) is -0.394. The molecule has 0 aromatic heterocycles. The summed E-state index contributed by atoms with van der Waals surface area (Å²) in [5, 5.41) is 0. The molecule has 0 atom stereocenters. The van der Waals surface area contributed by atoms with Crippen molar-refractivity contribution in [3.05, 3.63) is 24.0 Å². The fourth-order valence-corrected chi connectivity index (χ4v) is 3.45. The Morgan fingerprint density at radius 1 is 1.40 bits per heavy atom. The highest BCUT2D eigenvalue weighted by atomic mass is 32.2. The standard InChI is InChI=1S/C13H21FN2O3S/c1-10(2)9-16(6-7-19-3)20(17,18)13-8-11(15)4-5-12(13)14/h4-5,8,10H,6-7,9,15H2,1-3H3. The lowest BCUT2D eigenvalue weighted by Crippen LogP contribution is -2.37. The number of nitrogens with two attached hydrogens (primary N) is 1. The van der Waals surface area contributed by atoms with E-state index in [1.165, 1.54) is 17.5 Å². The fraction of sp³-hybridized carbons (Fsp3) is 0.538. The maximum atomic E-state index is 13.8. The van der Waals surface area contributed by atoms with Gasteiger partial charge in [-0.3, -0.25) is 0 Å². The van der Waals surface area contributed by atoms with Gasteiger partial charge >= 0.3 is 0 Å². The number of hydrogen-bond acceptors (Lipinski definition) is 4. The van der Waals surface area contributed by atoms with Gasteiger partial charge in [0.1, 0.15) is 10.7 Å². The molecule has 0 aliphatic rings. The second kappa shape index (κ2) is 7.01. The van der Waals surface area contributed by atoms with E-state index in [2.05, 4.69) is 0 Å². The van der Waals surface area contributed by atoms with Gasteiger partial charge < -0.3 is 10.5 Å². The number of benzene rings is 1. The van der Waals surface area contributed by atoms with Crippen LogP contribution < -0.4 is 5.73 Å². The van der Waals surface area contributed by atoms with Crippen molar-refractivity contribution in [2.75, 3.05) is 32.5 Å². The van der Waals surface area contributed by atoms with Crippen molar-refractivity contribution in [2.45, 2.75) is 18.7 Å². The first-order valence-corrected chi connectivity index (χ1v) is 7.77. The number of hydrogen-bond donors (Lipinski definition) is 1. The van der Waals surface area contributed by atoms with Gasteiger partial charge in [-0.1, -0.05) is 13.8 Å². The maximum Gasteiger partial charge on any atom is 0.246 e. The number of methoxy groups -OCH3 is 1. The molecule has 1 aromatic rings. The molecule has 0 bridgehead atoms. The summed E-state index contributed by atoms with van der Waals surface area (Å²) in [6, 6.07) is 3.53. The largest absolute Gasteiger partial charge is 0.399 e. The third-order valence-corrected chi connectivity index (χ3v) is 4.57. The van der Waals surface area contributed by atoms with Gasteiger partial charge in [0, 0.05) is 25.9 Å². The van der Waals surface area contributed by atoms with E-state index in [0.717, 1.165) is 12.1 Å². The van der Waals surface area contributed by atoms with Crippen molar-refractivity contribution in [3.63, 3.8) is 0 Å². The summed E-state index contributed by atoms with van der Waals surface area (Å²) in [7, 11) is -2.44. The lowest BCUT2D eigenvalue weighted by Gasteiger charge is -2.24. The van der Waals surface area contributed by atoms with Gasteiger partial charge in [-0.05, 0) is 24.1 Å². The summed E-state index contributed by atoms with van der Waals surface area (Å²) in [5.74, 6) is -0.684. The highest BCUT2D eigenvalue weighted by Gasteiger charge is 2.28. The molecule has 2 N–H and O–H groups in total. The Hall–Kier alpha value is -1.18. The monoisotopic (exact) mass is 304 g/mol. The van der Waals surface area contributed by atoms with E-state index in [9.17, 15) is 12.8 Å². The van der Waals surface area contributed by atoms with Crippen LogP contribution in [-0.2, 0) is 14.8 Å². The van der Waals surface area contributed by atoms with Crippen LogP contribution in [0.5, 0.6) is 0 Å². The second-order valence-electron chi connectivity index (χ2n) is 4.94. The summed E-state index contributed by atoms with van der Waals surface area (Å²) in [5.41, 5.74) is 5.76. The van der Waals surface area contributed by atoms with Gasteiger partial charge in [-0.15, -0.1) is 0 Å². The molecule has 0 amide bonds. The number of sulfonamides is 1. The van der Waals surface area contributed by atoms with E-state index in [1.807, 2.05) is 13.8 Å². The average molecular weight is 304 g/mol. The van der Waals surface area contributed by atoms with Crippen molar-refractivity contribution in [1.29, 1.82) is 0 Å². The minimum absolute atomic E-state index is 0.116. The third kappa shape index (κ3) is 4.16. The zero-order valence-electron chi connectivity index (χ0n) is 12.0. The van der Waals surface area contributed by atoms with E-state index >= 15 is 0 Å². The Morgan fingerprint density at radius 3 is 2.60 bits per heavy atom. The minimum atomic E-state index is -3.92. The maximum absolute atomic E-state index is 13.8. The molecule has 0 spiro atoms. The van der Waals surface area contributed by atoms with Gasteiger partial charge in [0.05, 0.1) is 6.61 Å². The Kier molecular flexibility index (Phi) is 5.91.